The van der Waals surface area contributed by atoms with E-state index in [0.29, 0.717) is 34.6 Å². The van der Waals surface area contributed by atoms with Crippen LogP contribution in [0.3, 0.4) is 0 Å². The standard InChI is InChI=1S/C27H34Cl2N4O4/c28-20-8-6-19(23(29)16-20)17-37-27(36)32-24(26(34)35)12-15-33(22-10-11-22)14-2-1-5-21-9-7-18-4-3-13-30-25(18)31-21/h6-9,16,22,24H,1-5,10-15,17H2,(H,30,31)(H,32,36)(H,34,35)/t24-/m0/s1. The second-order valence-corrected chi connectivity index (χ2v) is 10.5. The summed E-state index contributed by atoms with van der Waals surface area (Å²) in [5.41, 5.74) is 3.00. The van der Waals surface area contributed by atoms with Gasteiger partial charge in [-0.2, -0.15) is 0 Å². The minimum absolute atomic E-state index is 0.0719. The summed E-state index contributed by atoms with van der Waals surface area (Å²) in [6, 6.07) is 8.67. The van der Waals surface area contributed by atoms with Crippen molar-refractivity contribution in [1.29, 1.82) is 0 Å². The molecule has 1 aromatic carbocycles. The van der Waals surface area contributed by atoms with Gasteiger partial charge < -0.3 is 25.4 Å². The number of amides is 1. The summed E-state index contributed by atoms with van der Waals surface area (Å²) in [7, 11) is 0. The van der Waals surface area contributed by atoms with Crippen molar-refractivity contribution < 1.29 is 19.4 Å². The Morgan fingerprint density at radius 3 is 2.78 bits per heavy atom. The van der Waals surface area contributed by atoms with Gasteiger partial charge in [0, 0.05) is 40.4 Å². The molecule has 0 radical (unpaired) electrons. The third-order valence-corrected chi connectivity index (χ3v) is 7.40. The number of carbonyl (C=O) groups is 2. The molecule has 8 nitrogen and oxygen atoms in total. The number of unbranched alkanes of at least 4 members (excludes halogenated alkanes) is 1. The van der Waals surface area contributed by atoms with Crippen LogP contribution in [0.5, 0.6) is 0 Å². The second-order valence-electron chi connectivity index (χ2n) is 9.70. The molecule has 1 aliphatic carbocycles. The van der Waals surface area contributed by atoms with Crippen LogP contribution in [0.4, 0.5) is 10.6 Å². The smallest absolute Gasteiger partial charge is 0.408 e. The first-order valence-electron chi connectivity index (χ1n) is 13.0. The maximum atomic E-state index is 12.2. The largest absolute Gasteiger partial charge is 0.480 e. The zero-order valence-electron chi connectivity index (χ0n) is 20.8. The molecule has 2 aliphatic rings. The second kappa shape index (κ2) is 13.3. The van der Waals surface area contributed by atoms with E-state index in [1.54, 1.807) is 18.2 Å². The number of rotatable bonds is 13. The lowest BCUT2D eigenvalue weighted by atomic mass is 10.1. The summed E-state index contributed by atoms with van der Waals surface area (Å²) in [6.45, 7) is 2.42. The van der Waals surface area contributed by atoms with Crippen LogP contribution in [0.15, 0.2) is 30.3 Å². The first-order chi connectivity index (χ1) is 17.9. The van der Waals surface area contributed by atoms with Crippen molar-refractivity contribution in [2.24, 2.45) is 0 Å². The molecule has 10 heteroatoms. The van der Waals surface area contributed by atoms with Crippen molar-refractivity contribution in [3.8, 4) is 0 Å². The van der Waals surface area contributed by atoms with Gasteiger partial charge >= 0.3 is 12.1 Å². The lowest BCUT2D eigenvalue weighted by Gasteiger charge is -2.24. The van der Waals surface area contributed by atoms with Crippen molar-refractivity contribution in [1.82, 2.24) is 15.2 Å². The predicted octanol–water partition coefficient (Wildman–Crippen LogP) is 5.30. The molecule has 0 bridgehead atoms. The fourth-order valence-electron chi connectivity index (χ4n) is 4.56. The molecule has 3 N–H and O–H groups in total. The van der Waals surface area contributed by atoms with Crippen molar-refractivity contribution in [3.63, 3.8) is 0 Å². The Bertz CT molecular complexity index is 1100. The number of halogens is 2. The quantitative estimate of drug-likeness (QED) is 0.291. The molecule has 37 heavy (non-hydrogen) atoms. The predicted molar refractivity (Wildman–Crippen MR) is 144 cm³/mol. The van der Waals surface area contributed by atoms with Crippen LogP contribution in [-0.2, 0) is 29.0 Å². The molecule has 1 amide bonds. The Morgan fingerprint density at radius 1 is 1.19 bits per heavy atom. The third-order valence-electron chi connectivity index (χ3n) is 6.81. The highest BCUT2D eigenvalue weighted by atomic mass is 35.5. The van der Waals surface area contributed by atoms with Gasteiger partial charge in [-0.05, 0) is 81.7 Å². The number of pyridine rings is 1. The Morgan fingerprint density at radius 2 is 2.03 bits per heavy atom. The van der Waals surface area contributed by atoms with E-state index in [-0.39, 0.29) is 6.61 Å². The summed E-state index contributed by atoms with van der Waals surface area (Å²) in [6.07, 6.45) is 6.99. The Balaban J connectivity index is 1.19. The molecule has 2 aromatic rings. The van der Waals surface area contributed by atoms with Gasteiger partial charge in [-0.3, -0.25) is 0 Å². The maximum Gasteiger partial charge on any atom is 0.408 e. The molecule has 0 spiro atoms. The molecule has 200 valence electrons. The Kier molecular flexibility index (Phi) is 9.88. The Hall–Kier alpha value is -2.55. The number of nitrogens with zero attached hydrogens (tertiary/aromatic N) is 2. The number of carbonyl (C=O) groups excluding carboxylic acids is 1. The SMILES string of the molecule is O=C(N[C@@H](CCN(CCCCc1ccc2c(n1)NCCC2)C1CC1)C(=O)O)OCc1ccc(Cl)cc1Cl. The van der Waals surface area contributed by atoms with Gasteiger partial charge in [-0.1, -0.05) is 35.3 Å². The number of aliphatic carboxylic acids is 1. The number of carboxylic acid groups (broad SMARTS) is 1. The van der Waals surface area contributed by atoms with Crippen LogP contribution in [-0.4, -0.2) is 58.8 Å². The minimum atomic E-state index is -1.08. The Labute approximate surface area is 227 Å². The molecule has 1 aliphatic heterocycles. The normalized spacial score (nSPS) is 15.5. The molecular formula is C27H34Cl2N4O4. The monoisotopic (exact) mass is 548 g/mol. The molecule has 1 atom stereocenters. The number of benzene rings is 1. The molecule has 0 unspecified atom stereocenters. The average molecular weight is 549 g/mol. The van der Waals surface area contributed by atoms with E-state index in [1.807, 2.05) is 0 Å². The van der Waals surface area contributed by atoms with Gasteiger partial charge in [0.1, 0.15) is 18.5 Å². The van der Waals surface area contributed by atoms with Gasteiger partial charge in [0.25, 0.3) is 0 Å². The lowest BCUT2D eigenvalue weighted by Crippen LogP contribution is -2.43. The summed E-state index contributed by atoms with van der Waals surface area (Å²) >= 11 is 12.0. The van der Waals surface area contributed by atoms with Gasteiger partial charge in [0.05, 0.1) is 0 Å². The number of hydrogen-bond donors (Lipinski definition) is 3. The number of hydrogen-bond acceptors (Lipinski definition) is 6. The molecule has 1 saturated carbocycles. The maximum absolute atomic E-state index is 12.2. The molecule has 2 heterocycles. The van der Waals surface area contributed by atoms with Gasteiger partial charge in [-0.15, -0.1) is 0 Å². The number of aromatic nitrogens is 1. The van der Waals surface area contributed by atoms with Crippen LogP contribution in [0.25, 0.3) is 0 Å². The van der Waals surface area contributed by atoms with Crippen LogP contribution >= 0.6 is 23.2 Å². The summed E-state index contributed by atoms with van der Waals surface area (Å²) in [5.74, 6) is -0.0466. The van der Waals surface area contributed by atoms with Crippen molar-refractivity contribution in [2.45, 2.75) is 70.1 Å². The fraction of sp³-hybridized carbons (Fsp3) is 0.519. The summed E-state index contributed by atoms with van der Waals surface area (Å²) in [5, 5.41) is 16.4. The van der Waals surface area contributed by atoms with Crippen LogP contribution in [0.1, 0.15) is 55.3 Å². The van der Waals surface area contributed by atoms with Gasteiger partial charge in [-0.25, -0.2) is 14.6 Å². The highest BCUT2D eigenvalue weighted by Gasteiger charge is 2.30. The summed E-state index contributed by atoms with van der Waals surface area (Å²) in [4.78, 5) is 31.1. The number of aryl methyl sites for hydroxylation is 2. The van der Waals surface area contributed by atoms with Crippen molar-refractivity contribution in [2.75, 3.05) is 25.0 Å². The number of anilines is 1. The van der Waals surface area contributed by atoms with Gasteiger partial charge in [0.2, 0.25) is 0 Å². The first-order valence-corrected chi connectivity index (χ1v) is 13.7. The fourth-order valence-corrected chi connectivity index (χ4v) is 5.03. The van der Waals surface area contributed by atoms with E-state index in [9.17, 15) is 14.7 Å². The zero-order chi connectivity index (χ0) is 26.2. The molecule has 0 saturated heterocycles. The number of fused-ring (bicyclic) bond motifs is 1. The van der Waals surface area contributed by atoms with Crippen molar-refractivity contribution >= 4 is 41.1 Å². The summed E-state index contributed by atoms with van der Waals surface area (Å²) < 4.78 is 5.19. The van der Waals surface area contributed by atoms with Crippen LogP contribution in [0.2, 0.25) is 10.0 Å². The number of carboxylic acids is 1. The highest BCUT2D eigenvalue weighted by molar-refractivity contribution is 6.35. The minimum Gasteiger partial charge on any atom is -0.480 e. The number of nitrogens with one attached hydrogen (secondary N) is 2. The third kappa shape index (κ3) is 8.48. The van der Waals surface area contributed by atoms with E-state index in [2.05, 4.69) is 27.7 Å². The van der Waals surface area contributed by atoms with Crippen LogP contribution < -0.4 is 10.6 Å². The van der Waals surface area contributed by atoms with Crippen LogP contribution in [0, 0.1) is 0 Å². The van der Waals surface area contributed by atoms with E-state index < -0.39 is 18.1 Å². The average Bonchev–Trinajstić information content (AvgIpc) is 3.72. The van der Waals surface area contributed by atoms with E-state index in [4.69, 9.17) is 32.9 Å². The number of ether oxygens (including phenoxy) is 1. The molecule has 1 aromatic heterocycles. The zero-order valence-corrected chi connectivity index (χ0v) is 22.4. The lowest BCUT2D eigenvalue weighted by molar-refractivity contribution is -0.139. The van der Waals surface area contributed by atoms with E-state index in [1.165, 1.54) is 5.56 Å². The topological polar surface area (TPSA) is 104 Å². The molecule has 4 rings (SSSR count). The molecule has 1 fully saturated rings. The van der Waals surface area contributed by atoms with Crippen molar-refractivity contribution in [3.05, 3.63) is 57.2 Å². The van der Waals surface area contributed by atoms with E-state index in [0.717, 1.165) is 69.5 Å². The highest BCUT2D eigenvalue weighted by Crippen LogP contribution is 2.28. The van der Waals surface area contributed by atoms with E-state index >= 15 is 0 Å². The first kappa shape index (κ1) is 27.5. The number of alkyl carbamates (subject to hydrolysis) is 1. The van der Waals surface area contributed by atoms with Gasteiger partial charge in [0.15, 0.2) is 0 Å². The molecular weight excluding hydrogens is 515 g/mol.